The highest BCUT2D eigenvalue weighted by Gasteiger charge is 2.34. The molecule has 20 heavy (non-hydrogen) atoms. The Labute approximate surface area is 129 Å². The lowest BCUT2D eigenvalue weighted by molar-refractivity contribution is 0.204. The number of amides is 2. The van der Waals surface area contributed by atoms with E-state index in [9.17, 15) is 4.79 Å². The molecule has 2 aromatic rings. The molecule has 1 aromatic carbocycles. The molecule has 0 bridgehead atoms. The zero-order valence-corrected chi connectivity index (χ0v) is 12.9. The maximum absolute atomic E-state index is 12.0. The molecule has 0 fully saturated rings. The average molecular weight is 350 g/mol. The minimum Gasteiger partial charge on any atom is -0.385 e. The molecule has 1 atom stereocenters. The molecule has 6 heteroatoms. The van der Waals surface area contributed by atoms with Crippen LogP contribution in [0.2, 0.25) is 0 Å². The van der Waals surface area contributed by atoms with Crippen molar-refractivity contribution < 1.29 is 4.79 Å². The van der Waals surface area contributed by atoms with Gasteiger partial charge in [0.15, 0.2) is 0 Å². The van der Waals surface area contributed by atoms with E-state index >= 15 is 0 Å². The smallest absolute Gasteiger partial charge is 0.346 e. The number of amidine groups is 1. The molecule has 3 rings (SSSR count). The Hall–Kier alpha value is -1.66. The standard InChI is InChI=1S/C14H12BrN3OS/c15-11-6-10(8-20-11)12-13(16)17-14(19)18(12)7-9-4-2-1-3-5-9/h1-6,8,12H,7H2,(H2,16,17,19). The van der Waals surface area contributed by atoms with E-state index in [-0.39, 0.29) is 12.1 Å². The summed E-state index contributed by atoms with van der Waals surface area (Å²) < 4.78 is 1.01. The molecular formula is C14H12BrN3OS. The van der Waals surface area contributed by atoms with Gasteiger partial charge in [0.2, 0.25) is 0 Å². The topological polar surface area (TPSA) is 58.7 Å². The molecule has 1 aromatic heterocycles. The second kappa shape index (κ2) is 5.38. The normalized spacial score (nSPS) is 18.4. The molecule has 102 valence electrons. The summed E-state index contributed by atoms with van der Waals surface area (Å²) in [4.78, 5) is 17.6. The summed E-state index contributed by atoms with van der Waals surface area (Å²) in [5.41, 5.74) is 7.98. The van der Waals surface area contributed by atoms with Crippen molar-refractivity contribution in [2.75, 3.05) is 0 Å². The summed E-state index contributed by atoms with van der Waals surface area (Å²) in [6, 6.07) is 11.3. The minimum absolute atomic E-state index is 0.273. The number of thiophene rings is 1. The Balaban J connectivity index is 1.90. The zero-order chi connectivity index (χ0) is 14.1. The van der Waals surface area contributed by atoms with Gasteiger partial charge in [-0.3, -0.25) is 0 Å². The maximum atomic E-state index is 12.0. The fraction of sp³-hybridized carbons (Fsp3) is 0.143. The molecule has 2 amide bonds. The fourth-order valence-corrected chi connectivity index (χ4v) is 3.46. The van der Waals surface area contributed by atoms with E-state index in [4.69, 9.17) is 5.73 Å². The van der Waals surface area contributed by atoms with Gasteiger partial charge in [0.25, 0.3) is 0 Å². The van der Waals surface area contributed by atoms with Crippen LogP contribution in [0.3, 0.4) is 0 Å². The Kier molecular flexibility index (Phi) is 3.58. The van der Waals surface area contributed by atoms with E-state index in [1.165, 1.54) is 0 Å². The first-order valence-corrected chi connectivity index (χ1v) is 7.75. The number of benzene rings is 1. The zero-order valence-electron chi connectivity index (χ0n) is 10.5. The summed E-state index contributed by atoms with van der Waals surface area (Å²) in [6.07, 6.45) is 0. The van der Waals surface area contributed by atoms with Gasteiger partial charge in [0, 0.05) is 6.54 Å². The van der Waals surface area contributed by atoms with E-state index < -0.39 is 0 Å². The Morgan fingerprint density at radius 1 is 1.35 bits per heavy atom. The van der Waals surface area contributed by atoms with E-state index in [0.29, 0.717) is 12.4 Å². The molecule has 1 aliphatic heterocycles. The van der Waals surface area contributed by atoms with Crippen molar-refractivity contribution in [1.82, 2.24) is 4.90 Å². The number of hydrogen-bond donors (Lipinski definition) is 1. The third-order valence-electron chi connectivity index (χ3n) is 3.16. The second-order valence-electron chi connectivity index (χ2n) is 4.52. The highest BCUT2D eigenvalue weighted by molar-refractivity contribution is 9.11. The van der Waals surface area contributed by atoms with Crippen molar-refractivity contribution in [3.05, 3.63) is 56.7 Å². The predicted octanol–water partition coefficient (Wildman–Crippen LogP) is 3.54. The number of hydrogen-bond acceptors (Lipinski definition) is 3. The summed E-state index contributed by atoms with van der Waals surface area (Å²) >= 11 is 5.01. The van der Waals surface area contributed by atoms with Gasteiger partial charge < -0.3 is 10.6 Å². The lowest BCUT2D eigenvalue weighted by atomic mass is 10.1. The van der Waals surface area contributed by atoms with Crippen LogP contribution in [0.1, 0.15) is 17.2 Å². The molecule has 0 radical (unpaired) electrons. The molecule has 2 heterocycles. The van der Waals surface area contributed by atoms with Crippen LogP contribution in [-0.2, 0) is 6.54 Å². The molecule has 0 spiro atoms. The van der Waals surface area contributed by atoms with Gasteiger partial charge in [0.1, 0.15) is 11.9 Å². The number of rotatable bonds is 3. The van der Waals surface area contributed by atoms with Crippen molar-refractivity contribution in [2.45, 2.75) is 12.6 Å². The van der Waals surface area contributed by atoms with Crippen molar-refractivity contribution >= 4 is 39.1 Å². The number of halogens is 1. The lowest BCUT2D eigenvalue weighted by Crippen LogP contribution is -2.32. The van der Waals surface area contributed by atoms with E-state index in [0.717, 1.165) is 14.9 Å². The van der Waals surface area contributed by atoms with E-state index in [1.807, 2.05) is 41.8 Å². The fourth-order valence-electron chi connectivity index (χ4n) is 2.26. The van der Waals surface area contributed by atoms with Crippen LogP contribution in [0.15, 0.2) is 50.6 Å². The summed E-state index contributed by atoms with van der Waals surface area (Å²) in [5, 5.41) is 1.99. The number of aliphatic imine (C=N–C) groups is 1. The van der Waals surface area contributed by atoms with Crippen molar-refractivity contribution in [1.29, 1.82) is 0 Å². The van der Waals surface area contributed by atoms with Crippen LogP contribution in [-0.4, -0.2) is 16.8 Å². The van der Waals surface area contributed by atoms with Gasteiger partial charge in [0.05, 0.1) is 3.79 Å². The number of nitrogens with zero attached hydrogens (tertiary/aromatic N) is 2. The van der Waals surface area contributed by atoms with Gasteiger partial charge in [-0.15, -0.1) is 11.3 Å². The Bertz CT molecular complexity index is 668. The molecule has 4 nitrogen and oxygen atoms in total. The van der Waals surface area contributed by atoms with Gasteiger partial charge >= 0.3 is 6.03 Å². The maximum Gasteiger partial charge on any atom is 0.346 e. The van der Waals surface area contributed by atoms with Gasteiger partial charge in [-0.05, 0) is 38.5 Å². The number of nitrogens with two attached hydrogens (primary N) is 1. The number of urea groups is 1. The largest absolute Gasteiger partial charge is 0.385 e. The first-order valence-electron chi connectivity index (χ1n) is 6.07. The molecule has 1 unspecified atom stereocenters. The highest BCUT2D eigenvalue weighted by atomic mass is 79.9. The first-order chi connectivity index (χ1) is 9.65. The number of carbonyl (C=O) groups is 1. The molecule has 2 N–H and O–H groups in total. The van der Waals surface area contributed by atoms with Crippen LogP contribution in [0.25, 0.3) is 0 Å². The molecule has 1 aliphatic rings. The average Bonchev–Trinajstić information content (AvgIpc) is 2.95. The summed E-state index contributed by atoms with van der Waals surface area (Å²) in [7, 11) is 0. The summed E-state index contributed by atoms with van der Waals surface area (Å²) in [6.45, 7) is 0.502. The van der Waals surface area contributed by atoms with E-state index in [2.05, 4.69) is 20.9 Å². The molecular weight excluding hydrogens is 338 g/mol. The predicted molar refractivity (Wildman–Crippen MR) is 83.8 cm³/mol. The number of carbonyl (C=O) groups excluding carboxylic acids is 1. The van der Waals surface area contributed by atoms with Crippen LogP contribution < -0.4 is 5.73 Å². The van der Waals surface area contributed by atoms with Crippen LogP contribution >= 0.6 is 27.3 Å². The minimum atomic E-state index is -0.279. The van der Waals surface area contributed by atoms with Gasteiger partial charge in [-0.25, -0.2) is 4.79 Å². The van der Waals surface area contributed by atoms with Crippen molar-refractivity contribution in [2.24, 2.45) is 10.7 Å². The monoisotopic (exact) mass is 349 g/mol. The van der Waals surface area contributed by atoms with Gasteiger partial charge in [-0.2, -0.15) is 4.99 Å². The highest BCUT2D eigenvalue weighted by Crippen LogP contribution is 2.33. The lowest BCUT2D eigenvalue weighted by Gasteiger charge is -2.23. The molecule has 0 saturated heterocycles. The Morgan fingerprint density at radius 3 is 2.75 bits per heavy atom. The third kappa shape index (κ3) is 2.48. The van der Waals surface area contributed by atoms with Crippen LogP contribution in [0, 0.1) is 0 Å². The second-order valence-corrected chi connectivity index (χ2v) is 6.81. The van der Waals surface area contributed by atoms with Crippen LogP contribution in [0.5, 0.6) is 0 Å². The SMILES string of the molecule is NC1=NC(=O)N(Cc2ccccc2)C1c1csc(Br)c1. The Morgan fingerprint density at radius 2 is 2.10 bits per heavy atom. The molecule has 0 aliphatic carbocycles. The van der Waals surface area contributed by atoms with Gasteiger partial charge in [-0.1, -0.05) is 30.3 Å². The first kappa shape index (κ1) is 13.3. The van der Waals surface area contributed by atoms with Crippen molar-refractivity contribution in [3.8, 4) is 0 Å². The van der Waals surface area contributed by atoms with E-state index in [1.54, 1.807) is 16.2 Å². The quantitative estimate of drug-likeness (QED) is 0.920. The summed E-state index contributed by atoms with van der Waals surface area (Å²) in [5.74, 6) is 0.358. The van der Waals surface area contributed by atoms with Crippen molar-refractivity contribution in [3.63, 3.8) is 0 Å². The molecule has 0 saturated carbocycles. The van der Waals surface area contributed by atoms with Crippen LogP contribution in [0.4, 0.5) is 4.79 Å². The third-order valence-corrected chi connectivity index (χ3v) is 4.68.